The summed E-state index contributed by atoms with van der Waals surface area (Å²) in [6, 6.07) is 5.11. The summed E-state index contributed by atoms with van der Waals surface area (Å²) in [7, 11) is 0. The summed E-state index contributed by atoms with van der Waals surface area (Å²) in [5.41, 5.74) is 0.483. The lowest BCUT2D eigenvalue weighted by molar-refractivity contribution is 0.0743. The Morgan fingerprint density at radius 1 is 1.33 bits per heavy atom. The summed E-state index contributed by atoms with van der Waals surface area (Å²) < 4.78 is 12.7. The molecule has 144 valence electrons. The van der Waals surface area contributed by atoms with Gasteiger partial charge in [0.25, 0.3) is 5.56 Å². The number of hydrogen-bond acceptors (Lipinski definition) is 7. The fraction of sp³-hybridized carbons (Fsp3) is 0.444. The molecule has 0 radical (unpaired) electrons. The highest BCUT2D eigenvalue weighted by Gasteiger charge is 2.14. The monoisotopic (exact) mass is 408 g/mol. The van der Waals surface area contributed by atoms with Crippen molar-refractivity contribution >= 4 is 34.3 Å². The van der Waals surface area contributed by atoms with Crippen molar-refractivity contribution in [2.75, 3.05) is 6.61 Å². The SMILES string of the molecule is Cc1nnc(CSc2nc3cc(Cl)ccc3c(=O)n2CCCOC(C)C)o1. The quantitative estimate of drug-likeness (QED) is 0.318. The smallest absolute Gasteiger partial charge is 0.262 e. The molecule has 2 heterocycles. The summed E-state index contributed by atoms with van der Waals surface area (Å²) in [4.78, 5) is 17.6. The van der Waals surface area contributed by atoms with Crippen LogP contribution in [0.25, 0.3) is 10.9 Å². The number of halogens is 1. The lowest BCUT2D eigenvalue weighted by atomic mass is 10.2. The first-order valence-corrected chi connectivity index (χ1v) is 10.0. The molecule has 0 unspecified atom stereocenters. The number of nitrogens with zero attached hydrogens (tertiary/aromatic N) is 4. The second kappa shape index (κ2) is 8.86. The van der Waals surface area contributed by atoms with Crippen molar-refractivity contribution in [1.29, 1.82) is 0 Å². The Bertz CT molecular complexity index is 986. The van der Waals surface area contributed by atoms with E-state index in [4.69, 9.17) is 20.8 Å². The molecular weight excluding hydrogens is 388 g/mol. The molecule has 3 aromatic rings. The number of aryl methyl sites for hydroxylation is 1. The maximum absolute atomic E-state index is 13.0. The lowest BCUT2D eigenvalue weighted by Gasteiger charge is -2.13. The maximum atomic E-state index is 13.0. The standard InChI is InChI=1S/C18H21ClN4O3S/c1-11(2)25-8-4-7-23-17(24)14-6-5-13(19)9-15(14)20-18(23)27-10-16-22-21-12(3)26-16/h5-6,9,11H,4,7-8,10H2,1-3H3. The Morgan fingerprint density at radius 3 is 2.85 bits per heavy atom. The van der Waals surface area contributed by atoms with Crippen LogP contribution in [0.15, 0.2) is 32.6 Å². The van der Waals surface area contributed by atoms with E-state index in [9.17, 15) is 4.79 Å². The molecule has 0 N–H and O–H groups in total. The highest BCUT2D eigenvalue weighted by molar-refractivity contribution is 7.98. The van der Waals surface area contributed by atoms with Crippen LogP contribution < -0.4 is 5.56 Å². The zero-order chi connectivity index (χ0) is 19.4. The summed E-state index contributed by atoms with van der Waals surface area (Å²) in [5, 5.41) is 9.49. The Kier molecular flexibility index (Phi) is 6.51. The van der Waals surface area contributed by atoms with Crippen molar-refractivity contribution in [2.24, 2.45) is 0 Å². The van der Waals surface area contributed by atoms with E-state index in [1.54, 1.807) is 29.7 Å². The van der Waals surface area contributed by atoms with E-state index in [0.29, 0.717) is 58.2 Å². The Hall–Kier alpha value is -1.90. The number of benzene rings is 1. The summed E-state index contributed by atoms with van der Waals surface area (Å²) in [6.07, 6.45) is 0.875. The van der Waals surface area contributed by atoms with Crippen LogP contribution in [0, 0.1) is 6.92 Å². The van der Waals surface area contributed by atoms with Gasteiger partial charge in [0.2, 0.25) is 11.8 Å². The predicted molar refractivity (Wildman–Crippen MR) is 105 cm³/mol. The molecular formula is C18H21ClN4O3S. The van der Waals surface area contributed by atoms with E-state index < -0.39 is 0 Å². The molecule has 27 heavy (non-hydrogen) atoms. The normalized spacial score (nSPS) is 11.6. The van der Waals surface area contributed by atoms with Crippen LogP contribution in [0.3, 0.4) is 0 Å². The molecule has 0 amide bonds. The fourth-order valence-corrected chi connectivity index (χ4v) is 3.57. The van der Waals surface area contributed by atoms with Crippen molar-refractivity contribution in [3.8, 4) is 0 Å². The van der Waals surface area contributed by atoms with Gasteiger partial charge in [0.05, 0.1) is 22.8 Å². The van der Waals surface area contributed by atoms with Crippen LogP contribution in [0.5, 0.6) is 0 Å². The van der Waals surface area contributed by atoms with Gasteiger partial charge in [-0.1, -0.05) is 23.4 Å². The van der Waals surface area contributed by atoms with E-state index in [0.717, 1.165) is 0 Å². The molecule has 0 saturated heterocycles. The second-order valence-corrected chi connectivity index (χ2v) is 7.67. The van der Waals surface area contributed by atoms with Crippen LogP contribution >= 0.6 is 23.4 Å². The number of fused-ring (bicyclic) bond motifs is 1. The predicted octanol–water partition coefficient (Wildman–Crippen LogP) is 3.85. The minimum absolute atomic E-state index is 0.0922. The van der Waals surface area contributed by atoms with Gasteiger partial charge in [0.1, 0.15) is 0 Å². The summed E-state index contributed by atoms with van der Waals surface area (Å²) in [5.74, 6) is 1.43. The molecule has 0 spiro atoms. The van der Waals surface area contributed by atoms with Gasteiger partial charge in [0.15, 0.2) is 5.16 Å². The zero-order valence-electron chi connectivity index (χ0n) is 15.4. The molecule has 3 rings (SSSR count). The third kappa shape index (κ3) is 5.09. The lowest BCUT2D eigenvalue weighted by Crippen LogP contribution is -2.24. The largest absolute Gasteiger partial charge is 0.425 e. The van der Waals surface area contributed by atoms with Crippen LogP contribution in [0.4, 0.5) is 0 Å². The summed E-state index contributed by atoms with van der Waals surface area (Å²) >= 11 is 7.45. The Labute approximate surface area is 166 Å². The molecule has 7 nitrogen and oxygen atoms in total. The first kappa shape index (κ1) is 19.9. The van der Waals surface area contributed by atoms with Crippen molar-refractivity contribution in [3.05, 3.63) is 45.4 Å². The molecule has 0 atom stereocenters. The second-order valence-electron chi connectivity index (χ2n) is 6.29. The fourth-order valence-electron chi connectivity index (χ4n) is 2.55. The van der Waals surface area contributed by atoms with Gasteiger partial charge in [-0.25, -0.2) is 4.98 Å². The Balaban J connectivity index is 1.89. The van der Waals surface area contributed by atoms with Gasteiger partial charge in [-0.05, 0) is 38.5 Å². The average Bonchev–Trinajstić information content (AvgIpc) is 3.03. The Morgan fingerprint density at radius 2 is 2.15 bits per heavy atom. The first-order chi connectivity index (χ1) is 12.9. The molecule has 2 aromatic heterocycles. The number of rotatable bonds is 8. The molecule has 0 aliphatic rings. The minimum Gasteiger partial charge on any atom is -0.425 e. The van der Waals surface area contributed by atoms with Gasteiger partial charge < -0.3 is 9.15 Å². The van der Waals surface area contributed by atoms with Crippen LogP contribution in [0.2, 0.25) is 5.02 Å². The van der Waals surface area contributed by atoms with Crippen molar-refractivity contribution in [2.45, 2.75) is 50.8 Å². The third-order valence-electron chi connectivity index (χ3n) is 3.75. The average molecular weight is 409 g/mol. The molecule has 0 saturated carbocycles. The molecule has 0 aliphatic heterocycles. The topological polar surface area (TPSA) is 83.0 Å². The number of hydrogen-bond donors (Lipinski definition) is 0. The highest BCUT2D eigenvalue weighted by Crippen LogP contribution is 2.23. The summed E-state index contributed by atoms with van der Waals surface area (Å²) in [6.45, 7) is 6.81. The van der Waals surface area contributed by atoms with E-state index in [2.05, 4.69) is 15.2 Å². The van der Waals surface area contributed by atoms with Crippen molar-refractivity contribution < 1.29 is 9.15 Å². The van der Waals surface area contributed by atoms with Crippen LogP contribution in [0.1, 0.15) is 32.0 Å². The first-order valence-electron chi connectivity index (χ1n) is 8.67. The number of thioether (sulfide) groups is 1. The third-order valence-corrected chi connectivity index (χ3v) is 4.95. The van der Waals surface area contributed by atoms with E-state index in [1.807, 2.05) is 13.8 Å². The minimum atomic E-state index is -0.0922. The van der Waals surface area contributed by atoms with Gasteiger partial charge in [-0.15, -0.1) is 10.2 Å². The van der Waals surface area contributed by atoms with Crippen LogP contribution in [-0.2, 0) is 17.0 Å². The van der Waals surface area contributed by atoms with Gasteiger partial charge in [-0.3, -0.25) is 9.36 Å². The van der Waals surface area contributed by atoms with Crippen molar-refractivity contribution in [1.82, 2.24) is 19.7 Å². The molecule has 0 fully saturated rings. The van der Waals surface area contributed by atoms with Gasteiger partial charge in [-0.2, -0.15) is 0 Å². The zero-order valence-corrected chi connectivity index (χ0v) is 17.0. The number of aromatic nitrogens is 4. The van der Waals surface area contributed by atoms with Crippen molar-refractivity contribution in [3.63, 3.8) is 0 Å². The molecule has 1 aromatic carbocycles. The molecule has 9 heteroatoms. The van der Waals surface area contributed by atoms with Gasteiger partial charge in [0, 0.05) is 25.1 Å². The van der Waals surface area contributed by atoms with Gasteiger partial charge >= 0.3 is 0 Å². The van der Waals surface area contributed by atoms with E-state index >= 15 is 0 Å². The molecule has 0 aliphatic carbocycles. The maximum Gasteiger partial charge on any atom is 0.262 e. The molecule has 0 bridgehead atoms. The number of ether oxygens (including phenoxy) is 1. The van der Waals surface area contributed by atoms with E-state index in [1.165, 1.54) is 11.8 Å². The highest BCUT2D eigenvalue weighted by atomic mass is 35.5. The van der Waals surface area contributed by atoms with Crippen LogP contribution in [-0.4, -0.2) is 32.5 Å². The van der Waals surface area contributed by atoms with E-state index in [-0.39, 0.29) is 11.7 Å².